The average molecular weight is 266 g/mol. The summed E-state index contributed by atoms with van der Waals surface area (Å²) in [6, 6.07) is 0.500. The number of nitrogens with zero attached hydrogens (tertiary/aromatic N) is 1. The topological polar surface area (TPSA) is 32.3 Å². The van der Waals surface area contributed by atoms with Crippen molar-refractivity contribution < 1.29 is 4.79 Å². The van der Waals surface area contributed by atoms with E-state index in [4.69, 9.17) is 0 Å². The van der Waals surface area contributed by atoms with E-state index in [1.807, 2.05) is 0 Å². The molecule has 0 radical (unpaired) electrons. The Kier molecular flexibility index (Phi) is 4.88. The van der Waals surface area contributed by atoms with Gasteiger partial charge in [0, 0.05) is 6.04 Å². The predicted molar refractivity (Wildman–Crippen MR) is 78.7 cm³/mol. The highest BCUT2D eigenvalue weighted by Gasteiger charge is 2.44. The van der Waals surface area contributed by atoms with E-state index < -0.39 is 0 Å². The highest BCUT2D eigenvalue weighted by molar-refractivity contribution is 5.85. The Morgan fingerprint density at radius 2 is 2.00 bits per heavy atom. The largest absolute Gasteiger partial charge is 0.323 e. The van der Waals surface area contributed by atoms with Crippen molar-refractivity contribution >= 4 is 5.91 Å². The zero-order chi connectivity index (χ0) is 14.0. The Hall–Kier alpha value is -0.570. The van der Waals surface area contributed by atoms with Gasteiger partial charge in [-0.05, 0) is 31.1 Å². The Balaban J connectivity index is 2.16. The number of amides is 1. The van der Waals surface area contributed by atoms with Crippen molar-refractivity contribution in [1.29, 1.82) is 0 Å². The summed E-state index contributed by atoms with van der Waals surface area (Å²) in [5.74, 6) is 1.40. The molecule has 3 nitrogen and oxygen atoms in total. The SMILES string of the molecule is CCCC1NC(C(C)C)C(=O)N1C1CCCCC1C. The van der Waals surface area contributed by atoms with Crippen LogP contribution < -0.4 is 5.32 Å². The average Bonchev–Trinajstić information content (AvgIpc) is 2.68. The minimum atomic E-state index is 0.0330. The molecule has 19 heavy (non-hydrogen) atoms. The van der Waals surface area contributed by atoms with Gasteiger partial charge in [-0.15, -0.1) is 0 Å². The highest BCUT2D eigenvalue weighted by Crippen LogP contribution is 2.33. The lowest BCUT2D eigenvalue weighted by atomic mass is 9.84. The van der Waals surface area contributed by atoms with E-state index in [0.717, 1.165) is 12.8 Å². The maximum atomic E-state index is 12.7. The van der Waals surface area contributed by atoms with Crippen molar-refractivity contribution in [2.45, 2.75) is 84.5 Å². The van der Waals surface area contributed by atoms with E-state index in [2.05, 4.69) is 37.9 Å². The molecule has 2 rings (SSSR count). The quantitative estimate of drug-likeness (QED) is 0.848. The van der Waals surface area contributed by atoms with Crippen LogP contribution in [0.3, 0.4) is 0 Å². The van der Waals surface area contributed by atoms with E-state index in [1.54, 1.807) is 0 Å². The fourth-order valence-corrected chi connectivity index (χ4v) is 3.75. The van der Waals surface area contributed by atoms with Gasteiger partial charge < -0.3 is 4.90 Å². The van der Waals surface area contributed by atoms with Gasteiger partial charge in [-0.1, -0.05) is 47.0 Å². The van der Waals surface area contributed by atoms with Gasteiger partial charge in [0.25, 0.3) is 0 Å². The molecule has 2 fully saturated rings. The van der Waals surface area contributed by atoms with E-state index in [0.29, 0.717) is 23.8 Å². The Morgan fingerprint density at radius 1 is 1.32 bits per heavy atom. The van der Waals surface area contributed by atoms with Crippen molar-refractivity contribution in [1.82, 2.24) is 10.2 Å². The second kappa shape index (κ2) is 6.25. The van der Waals surface area contributed by atoms with E-state index in [1.165, 1.54) is 25.7 Å². The molecule has 1 saturated heterocycles. The number of hydrogen-bond donors (Lipinski definition) is 1. The minimum Gasteiger partial charge on any atom is -0.323 e. The van der Waals surface area contributed by atoms with Crippen LogP contribution >= 0.6 is 0 Å². The lowest BCUT2D eigenvalue weighted by Gasteiger charge is -2.39. The molecule has 0 aromatic heterocycles. The first-order valence-electron chi connectivity index (χ1n) is 8.14. The van der Waals surface area contributed by atoms with Crippen LogP contribution in [0.2, 0.25) is 0 Å². The Bertz CT molecular complexity index is 316. The monoisotopic (exact) mass is 266 g/mol. The van der Waals surface area contributed by atoms with Gasteiger partial charge in [0.05, 0.1) is 12.2 Å². The summed E-state index contributed by atoms with van der Waals surface area (Å²) in [7, 11) is 0. The summed E-state index contributed by atoms with van der Waals surface area (Å²) in [5, 5.41) is 3.59. The molecule has 1 saturated carbocycles. The Labute approximate surface area is 118 Å². The first kappa shape index (κ1) is 14.8. The third-order valence-corrected chi connectivity index (χ3v) is 4.88. The minimum absolute atomic E-state index is 0.0330. The van der Waals surface area contributed by atoms with Crippen LogP contribution in [0.15, 0.2) is 0 Å². The van der Waals surface area contributed by atoms with Crippen molar-refractivity contribution in [2.75, 3.05) is 0 Å². The highest BCUT2D eigenvalue weighted by atomic mass is 16.2. The lowest BCUT2D eigenvalue weighted by molar-refractivity contribution is -0.134. The third-order valence-electron chi connectivity index (χ3n) is 4.88. The first-order chi connectivity index (χ1) is 9.06. The molecule has 3 heteroatoms. The fourth-order valence-electron chi connectivity index (χ4n) is 3.75. The van der Waals surface area contributed by atoms with E-state index >= 15 is 0 Å². The van der Waals surface area contributed by atoms with Crippen LogP contribution in [0, 0.1) is 11.8 Å². The number of rotatable bonds is 4. The van der Waals surface area contributed by atoms with Crippen LogP contribution in [0.4, 0.5) is 0 Å². The third kappa shape index (κ3) is 2.96. The molecule has 4 unspecified atom stereocenters. The van der Waals surface area contributed by atoms with Crippen LogP contribution in [-0.2, 0) is 4.79 Å². The van der Waals surface area contributed by atoms with Gasteiger partial charge in [-0.3, -0.25) is 10.1 Å². The molecule has 0 aromatic rings. The molecule has 0 spiro atoms. The van der Waals surface area contributed by atoms with Gasteiger partial charge in [-0.25, -0.2) is 0 Å². The van der Waals surface area contributed by atoms with Crippen LogP contribution in [-0.4, -0.2) is 29.1 Å². The summed E-state index contributed by atoms with van der Waals surface area (Å²) in [5.41, 5.74) is 0. The molecule has 2 aliphatic rings. The van der Waals surface area contributed by atoms with Gasteiger partial charge >= 0.3 is 0 Å². The summed E-state index contributed by atoms with van der Waals surface area (Å²) >= 11 is 0. The maximum Gasteiger partial charge on any atom is 0.241 e. The zero-order valence-corrected chi connectivity index (χ0v) is 13.0. The van der Waals surface area contributed by atoms with Crippen LogP contribution in [0.25, 0.3) is 0 Å². The summed E-state index contributed by atoms with van der Waals surface area (Å²) in [6.07, 6.45) is 7.57. The zero-order valence-electron chi connectivity index (χ0n) is 13.0. The van der Waals surface area contributed by atoms with Gasteiger partial charge in [-0.2, -0.15) is 0 Å². The molecule has 110 valence electrons. The number of carbonyl (C=O) groups excluding carboxylic acids is 1. The summed E-state index contributed by atoms with van der Waals surface area (Å²) in [4.78, 5) is 15.0. The maximum absolute atomic E-state index is 12.7. The smallest absolute Gasteiger partial charge is 0.241 e. The molecule has 4 atom stereocenters. The molecule has 1 N–H and O–H groups in total. The summed E-state index contributed by atoms with van der Waals surface area (Å²) < 4.78 is 0. The number of nitrogens with one attached hydrogen (secondary N) is 1. The van der Waals surface area contributed by atoms with E-state index in [9.17, 15) is 4.79 Å². The molecule has 0 bridgehead atoms. The molecule has 1 heterocycles. The van der Waals surface area contributed by atoms with E-state index in [-0.39, 0.29) is 12.2 Å². The Morgan fingerprint density at radius 3 is 2.58 bits per heavy atom. The molecule has 1 aliphatic carbocycles. The number of hydrogen-bond acceptors (Lipinski definition) is 2. The van der Waals surface area contributed by atoms with Gasteiger partial charge in [0.15, 0.2) is 0 Å². The van der Waals surface area contributed by atoms with Gasteiger partial charge in [0.1, 0.15) is 0 Å². The normalized spacial score (nSPS) is 36.3. The standard InChI is InChI=1S/C16H30N2O/c1-5-8-14-17-15(11(2)3)16(19)18(14)13-10-7-6-9-12(13)4/h11-15,17H,5-10H2,1-4H3. The molecule has 0 aromatic carbocycles. The molecule has 1 aliphatic heterocycles. The van der Waals surface area contributed by atoms with Crippen LogP contribution in [0.1, 0.15) is 66.2 Å². The second-order valence-electron chi connectivity index (χ2n) is 6.77. The molecular formula is C16H30N2O. The lowest BCUT2D eigenvalue weighted by Crippen LogP contribution is -2.48. The van der Waals surface area contributed by atoms with Crippen molar-refractivity contribution in [3.8, 4) is 0 Å². The molecular weight excluding hydrogens is 236 g/mol. The number of carbonyl (C=O) groups is 1. The first-order valence-corrected chi connectivity index (χ1v) is 8.14. The predicted octanol–water partition coefficient (Wildman–Crippen LogP) is 3.15. The fraction of sp³-hybridized carbons (Fsp3) is 0.938. The molecule has 1 amide bonds. The summed E-state index contributed by atoms with van der Waals surface area (Å²) in [6.45, 7) is 8.82. The van der Waals surface area contributed by atoms with Crippen molar-refractivity contribution in [3.05, 3.63) is 0 Å². The van der Waals surface area contributed by atoms with Crippen LogP contribution in [0.5, 0.6) is 0 Å². The van der Waals surface area contributed by atoms with Crippen molar-refractivity contribution in [2.24, 2.45) is 11.8 Å². The van der Waals surface area contributed by atoms with Crippen molar-refractivity contribution in [3.63, 3.8) is 0 Å². The van der Waals surface area contributed by atoms with Gasteiger partial charge in [0.2, 0.25) is 5.91 Å². The second-order valence-corrected chi connectivity index (χ2v) is 6.77.